The van der Waals surface area contributed by atoms with Crippen LogP contribution >= 0.6 is 0 Å². The van der Waals surface area contributed by atoms with Crippen LogP contribution in [-0.4, -0.2) is 48.8 Å². The molecule has 3 unspecified atom stereocenters. The fraction of sp³-hybridized carbons (Fsp3) is 0.625. The van der Waals surface area contributed by atoms with Gasteiger partial charge in [-0.25, -0.2) is 4.98 Å². The van der Waals surface area contributed by atoms with E-state index in [-0.39, 0.29) is 12.2 Å². The van der Waals surface area contributed by atoms with E-state index >= 15 is 0 Å². The maximum Gasteiger partial charge on any atom is 0.191 e. The Balaban J connectivity index is 1.56. The fourth-order valence-corrected chi connectivity index (χ4v) is 2.92. The van der Waals surface area contributed by atoms with Gasteiger partial charge in [-0.3, -0.25) is 4.99 Å². The molecule has 2 aliphatic heterocycles. The number of pyridine rings is 1. The Morgan fingerprint density at radius 3 is 2.64 bits per heavy atom. The van der Waals surface area contributed by atoms with Crippen molar-refractivity contribution in [3.05, 3.63) is 23.9 Å². The molecule has 3 heterocycles. The lowest BCUT2D eigenvalue weighted by Gasteiger charge is -2.36. The molecule has 0 radical (unpaired) electrons. The van der Waals surface area contributed by atoms with Gasteiger partial charge >= 0.3 is 0 Å². The molecule has 0 saturated carbocycles. The molecule has 0 amide bonds. The summed E-state index contributed by atoms with van der Waals surface area (Å²) in [6, 6.07) is 4.64. The second-order valence-electron chi connectivity index (χ2n) is 6.28. The summed E-state index contributed by atoms with van der Waals surface area (Å²) in [6.45, 7) is 9.71. The summed E-state index contributed by atoms with van der Waals surface area (Å²) in [7, 11) is 0. The first-order valence-electron chi connectivity index (χ1n) is 8.00. The van der Waals surface area contributed by atoms with E-state index in [0.717, 1.165) is 43.5 Å². The van der Waals surface area contributed by atoms with Crippen molar-refractivity contribution in [1.29, 1.82) is 0 Å². The molecule has 6 heteroatoms. The molecule has 120 valence electrons. The van der Waals surface area contributed by atoms with Gasteiger partial charge in [0.15, 0.2) is 5.96 Å². The van der Waals surface area contributed by atoms with Crippen LogP contribution in [0.5, 0.6) is 0 Å². The molecule has 1 fully saturated rings. The molecule has 0 aromatic carbocycles. The minimum atomic E-state index is 0.250. The largest absolute Gasteiger partial charge is 0.372 e. The average molecular weight is 303 g/mol. The molecule has 1 aromatic rings. The summed E-state index contributed by atoms with van der Waals surface area (Å²) in [5.41, 5.74) is 1.15. The zero-order valence-corrected chi connectivity index (χ0v) is 13.5. The Bertz CT molecular complexity index is 520. The number of morpholine rings is 1. The Morgan fingerprint density at radius 2 is 2.05 bits per heavy atom. The van der Waals surface area contributed by atoms with Crippen LogP contribution in [0, 0.1) is 0 Å². The minimum absolute atomic E-state index is 0.250. The van der Waals surface area contributed by atoms with Crippen molar-refractivity contribution in [3.63, 3.8) is 0 Å². The standard InChI is InChI=1S/C16H25N5O/c1-11-6-18-16(20-11)19-8-14-4-5-15(17-7-14)21-9-12(2)22-13(3)10-21/h4-5,7,11-13H,6,8-10H2,1-3H3,(H2,18,19,20). The quantitative estimate of drug-likeness (QED) is 0.876. The van der Waals surface area contributed by atoms with E-state index < -0.39 is 0 Å². The van der Waals surface area contributed by atoms with Crippen molar-refractivity contribution in [2.45, 2.75) is 45.6 Å². The smallest absolute Gasteiger partial charge is 0.191 e. The molecule has 0 aliphatic carbocycles. The maximum atomic E-state index is 5.77. The Hall–Kier alpha value is -1.82. The Kier molecular flexibility index (Phi) is 4.47. The maximum absolute atomic E-state index is 5.77. The predicted octanol–water partition coefficient (Wildman–Crippen LogP) is 1.13. The van der Waals surface area contributed by atoms with Crippen LogP contribution in [0.25, 0.3) is 0 Å². The van der Waals surface area contributed by atoms with E-state index in [9.17, 15) is 0 Å². The highest BCUT2D eigenvalue weighted by Gasteiger charge is 2.23. The third kappa shape index (κ3) is 3.68. The number of rotatable bonds is 3. The van der Waals surface area contributed by atoms with E-state index in [1.54, 1.807) is 0 Å². The lowest BCUT2D eigenvalue weighted by molar-refractivity contribution is -0.00545. The third-order valence-corrected chi connectivity index (χ3v) is 3.92. The van der Waals surface area contributed by atoms with E-state index in [0.29, 0.717) is 6.04 Å². The first-order chi connectivity index (χ1) is 10.6. The number of nitrogens with zero attached hydrogens (tertiary/aromatic N) is 3. The summed E-state index contributed by atoms with van der Waals surface area (Å²) in [4.78, 5) is 11.3. The van der Waals surface area contributed by atoms with Gasteiger partial charge in [0.1, 0.15) is 5.82 Å². The summed E-state index contributed by atoms with van der Waals surface area (Å²) in [5.74, 6) is 1.91. The molecule has 6 nitrogen and oxygen atoms in total. The Morgan fingerprint density at radius 1 is 1.27 bits per heavy atom. The molecular formula is C16H25N5O. The number of guanidine groups is 1. The summed E-state index contributed by atoms with van der Waals surface area (Å²) >= 11 is 0. The van der Waals surface area contributed by atoms with Crippen molar-refractivity contribution in [2.24, 2.45) is 4.99 Å². The van der Waals surface area contributed by atoms with Crippen molar-refractivity contribution < 1.29 is 4.74 Å². The highest BCUT2D eigenvalue weighted by atomic mass is 16.5. The SMILES string of the molecule is CC1CN=C(NCc2ccc(N3CC(C)OC(C)C3)nc2)N1. The normalized spacial score (nSPS) is 28.2. The van der Waals surface area contributed by atoms with Gasteiger partial charge in [0.2, 0.25) is 0 Å². The predicted molar refractivity (Wildman–Crippen MR) is 88.2 cm³/mol. The minimum Gasteiger partial charge on any atom is -0.372 e. The van der Waals surface area contributed by atoms with Gasteiger partial charge in [0.05, 0.1) is 18.8 Å². The summed E-state index contributed by atoms with van der Waals surface area (Å²) in [5, 5.41) is 6.60. The molecule has 1 aromatic heterocycles. The molecule has 0 spiro atoms. The van der Waals surface area contributed by atoms with Crippen LogP contribution in [-0.2, 0) is 11.3 Å². The third-order valence-electron chi connectivity index (χ3n) is 3.92. The number of nitrogens with one attached hydrogen (secondary N) is 2. The van der Waals surface area contributed by atoms with E-state index in [2.05, 4.69) is 58.4 Å². The zero-order chi connectivity index (χ0) is 15.5. The number of ether oxygens (including phenoxy) is 1. The highest BCUT2D eigenvalue weighted by molar-refractivity contribution is 5.81. The van der Waals surface area contributed by atoms with Crippen LogP contribution in [0.15, 0.2) is 23.3 Å². The first kappa shape index (κ1) is 15.1. The highest BCUT2D eigenvalue weighted by Crippen LogP contribution is 2.18. The van der Waals surface area contributed by atoms with Crippen molar-refractivity contribution in [3.8, 4) is 0 Å². The lowest BCUT2D eigenvalue weighted by atomic mass is 10.2. The first-order valence-corrected chi connectivity index (χ1v) is 8.00. The van der Waals surface area contributed by atoms with Gasteiger partial charge in [-0.15, -0.1) is 0 Å². The van der Waals surface area contributed by atoms with Crippen LogP contribution in [0.3, 0.4) is 0 Å². The zero-order valence-electron chi connectivity index (χ0n) is 13.5. The van der Waals surface area contributed by atoms with Gasteiger partial charge in [-0.2, -0.15) is 0 Å². The van der Waals surface area contributed by atoms with Crippen LogP contribution in [0.1, 0.15) is 26.3 Å². The fourth-order valence-electron chi connectivity index (χ4n) is 2.92. The molecule has 1 saturated heterocycles. The topological polar surface area (TPSA) is 61.8 Å². The number of anilines is 1. The number of hydrogen-bond donors (Lipinski definition) is 2. The molecule has 2 N–H and O–H groups in total. The number of aromatic nitrogens is 1. The van der Waals surface area contributed by atoms with Gasteiger partial charge in [0, 0.05) is 31.9 Å². The summed E-state index contributed by atoms with van der Waals surface area (Å²) < 4.78 is 5.77. The average Bonchev–Trinajstić information content (AvgIpc) is 2.90. The molecule has 2 aliphatic rings. The molecule has 3 atom stereocenters. The van der Waals surface area contributed by atoms with Crippen molar-refractivity contribution in [2.75, 3.05) is 24.5 Å². The Labute approximate surface area is 132 Å². The second kappa shape index (κ2) is 6.52. The van der Waals surface area contributed by atoms with E-state index in [1.165, 1.54) is 0 Å². The van der Waals surface area contributed by atoms with Crippen molar-refractivity contribution in [1.82, 2.24) is 15.6 Å². The second-order valence-corrected chi connectivity index (χ2v) is 6.28. The molecular weight excluding hydrogens is 278 g/mol. The molecule has 3 rings (SSSR count). The molecule has 22 heavy (non-hydrogen) atoms. The van der Waals surface area contributed by atoms with Gasteiger partial charge in [-0.05, 0) is 32.4 Å². The summed E-state index contributed by atoms with van der Waals surface area (Å²) in [6.07, 6.45) is 2.44. The van der Waals surface area contributed by atoms with Gasteiger partial charge in [-0.1, -0.05) is 6.07 Å². The number of aliphatic imine (C=N–C) groups is 1. The van der Waals surface area contributed by atoms with Crippen molar-refractivity contribution >= 4 is 11.8 Å². The number of hydrogen-bond acceptors (Lipinski definition) is 6. The van der Waals surface area contributed by atoms with Crippen LogP contribution in [0.2, 0.25) is 0 Å². The lowest BCUT2D eigenvalue weighted by Crippen LogP contribution is -2.45. The van der Waals surface area contributed by atoms with Gasteiger partial charge in [0.25, 0.3) is 0 Å². The van der Waals surface area contributed by atoms with E-state index in [1.807, 2.05) is 6.20 Å². The molecule has 0 bridgehead atoms. The van der Waals surface area contributed by atoms with Crippen LogP contribution < -0.4 is 15.5 Å². The van der Waals surface area contributed by atoms with E-state index in [4.69, 9.17) is 4.74 Å². The van der Waals surface area contributed by atoms with Gasteiger partial charge < -0.3 is 20.3 Å². The van der Waals surface area contributed by atoms with Crippen LogP contribution in [0.4, 0.5) is 5.82 Å². The monoisotopic (exact) mass is 303 g/mol.